The summed E-state index contributed by atoms with van der Waals surface area (Å²) in [5, 5.41) is 23.6. The zero-order valence-corrected chi connectivity index (χ0v) is 6.47. The largest absolute Gasteiger partial charge is 2.00 e. The van der Waals surface area contributed by atoms with Crippen molar-refractivity contribution in [1.29, 1.82) is 0 Å². The van der Waals surface area contributed by atoms with Gasteiger partial charge in [0.15, 0.2) is 0 Å². The SMILES string of the molecule is CC(=O)[O-].O=[N+]([O-])[O-].[Cu+2].[Cu+2]. The fourth-order valence-corrected chi connectivity index (χ4v) is 0. The predicted octanol–water partition coefficient (Wildman–Crippen LogP) is -1.49. The van der Waals surface area contributed by atoms with Crippen molar-refractivity contribution >= 4 is 5.97 Å². The maximum absolute atomic E-state index is 8.89. The fraction of sp³-hybridized carbons (Fsp3) is 0.500. The Balaban J connectivity index is -0.0000000300. The molecule has 0 saturated heterocycles. The van der Waals surface area contributed by atoms with Crippen molar-refractivity contribution in [2.75, 3.05) is 0 Å². The first-order chi connectivity index (χ1) is 3.46. The van der Waals surface area contributed by atoms with Gasteiger partial charge in [-0.3, -0.25) is 0 Å². The Hall–Kier alpha value is -0.291. The quantitative estimate of drug-likeness (QED) is 0.295. The molecule has 0 aliphatic carbocycles. The second-order valence-corrected chi connectivity index (χ2v) is 0.715. The van der Waals surface area contributed by atoms with Gasteiger partial charge in [0.1, 0.15) is 0 Å². The van der Waals surface area contributed by atoms with Gasteiger partial charge in [-0.25, -0.2) is 0 Å². The van der Waals surface area contributed by atoms with Crippen LogP contribution in [0.5, 0.6) is 0 Å². The Kier molecular flexibility index (Phi) is 35.9. The fourth-order valence-electron chi connectivity index (χ4n) is 0. The van der Waals surface area contributed by atoms with Gasteiger partial charge in [0.25, 0.3) is 0 Å². The molecule has 0 fully saturated rings. The van der Waals surface area contributed by atoms with Crippen molar-refractivity contribution in [2.24, 2.45) is 0 Å². The van der Waals surface area contributed by atoms with Crippen LogP contribution in [0.15, 0.2) is 0 Å². The Morgan fingerprint density at radius 2 is 1.30 bits per heavy atom. The van der Waals surface area contributed by atoms with Crippen LogP contribution in [0.25, 0.3) is 0 Å². The number of carboxylic acid groups (broad SMARTS) is 1. The Morgan fingerprint density at radius 1 is 1.30 bits per heavy atom. The molecular weight excluding hydrogens is 245 g/mol. The van der Waals surface area contributed by atoms with Gasteiger partial charge >= 0.3 is 34.1 Å². The third-order valence-electron chi connectivity index (χ3n) is 0. The van der Waals surface area contributed by atoms with Gasteiger partial charge in [-0.15, -0.1) is 0 Å². The summed E-state index contributed by atoms with van der Waals surface area (Å²) in [5.74, 6) is -1.08. The average molecular weight is 248 g/mol. The third-order valence-corrected chi connectivity index (χ3v) is 0. The Morgan fingerprint density at radius 3 is 1.30 bits per heavy atom. The van der Waals surface area contributed by atoms with E-state index in [0.717, 1.165) is 6.92 Å². The van der Waals surface area contributed by atoms with Gasteiger partial charge in [0.05, 0.1) is 5.09 Å². The number of nitrogens with zero attached hydrogens (tertiary/aromatic N) is 1. The molecule has 66 valence electrons. The van der Waals surface area contributed by atoms with E-state index < -0.39 is 11.1 Å². The van der Waals surface area contributed by atoms with Crippen LogP contribution in [0, 0.1) is 15.3 Å². The van der Waals surface area contributed by atoms with E-state index in [9.17, 15) is 0 Å². The van der Waals surface area contributed by atoms with Gasteiger partial charge in [0.2, 0.25) is 0 Å². The van der Waals surface area contributed by atoms with E-state index in [-0.39, 0.29) is 34.1 Å². The third kappa shape index (κ3) is 4100. The summed E-state index contributed by atoms with van der Waals surface area (Å²) in [6, 6.07) is 0. The van der Waals surface area contributed by atoms with E-state index in [0.29, 0.717) is 0 Å². The Labute approximate surface area is 77.7 Å². The van der Waals surface area contributed by atoms with E-state index in [1.54, 1.807) is 0 Å². The van der Waals surface area contributed by atoms with Gasteiger partial charge in [-0.1, -0.05) is 0 Å². The van der Waals surface area contributed by atoms with E-state index in [1.165, 1.54) is 0 Å². The minimum atomic E-state index is -1.75. The number of carbonyl (C=O) groups is 1. The maximum atomic E-state index is 8.89. The van der Waals surface area contributed by atoms with Gasteiger partial charge in [-0.2, -0.15) is 0 Å². The van der Waals surface area contributed by atoms with E-state index in [4.69, 9.17) is 25.2 Å². The van der Waals surface area contributed by atoms with Crippen LogP contribution in [0.3, 0.4) is 0 Å². The van der Waals surface area contributed by atoms with Crippen LogP contribution in [-0.4, -0.2) is 11.1 Å². The second kappa shape index (κ2) is 15.9. The summed E-state index contributed by atoms with van der Waals surface area (Å²) >= 11 is 0. The molecule has 0 N–H and O–H groups in total. The van der Waals surface area contributed by atoms with Crippen LogP contribution in [0.1, 0.15) is 6.92 Å². The molecule has 0 atom stereocenters. The number of hydrogen-bond donors (Lipinski definition) is 0. The van der Waals surface area contributed by atoms with Crippen molar-refractivity contribution in [2.45, 2.75) is 6.92 Å². The van der Waals surface area contributed by atoms with Crippen molar-refractivity contribution in [3.63, 3.8) is 0 Å². The molecule has 0 spiro atoms. The topological polar surface area (TPSA) is 106 Å². The van der Waals surface area contributed by atoms with Crippen LogP contribution in [-0.2, 0) is 38.9 Å². The first kappa shape index (κ1) is 22.6. The van der Waals surface area contributed by atoms with Crippen molar-refractivity contribution < 1.29 is 49.1 Å². The van der Waals surface area contributed by atoms with Crippen LogP contribution >= 0.6 is 0 Å². The molecular formula is C2H3Cu2NO5+2. The molecule has 8 heteroatoms. The molecule has 0 bridgehead atoms. The molecule has 10 heavy (non-hydrogen) atoms. The van der Waals surface area contributed by atoms with E-state index in [1.807, 2.05) is 0 Å². The first-order valence-corrected chi connectivity index (χ1v) is 1.46. The van der Waals surface area contributed by atoms with Gasteiger partial charge < -0.3 is 25.2 Å². The number of hydrogen-bond acceptors (Lipinski definition) is 5. The molecule has 0 aliphatic rings. The number of carbonyl (C=O) groups excluding carboxylic acids is 1. The number of carboxylic acids is 1. The summed E-state index contributed by atoms with van der Waals surface area (Å²) in [7, 11) is 0. The molecule has 0 aromatic rings. The molecule has 0 aromatic heterocycles. The molecule has 2 radical (unpaired) electrons. The molecule has 0 heterocycles. The average Bonchev–Trinajstić information content (AvgIpc) is 1.25. The van der Waals surface area contributed by atoms with Crippen molar-refractivity contribution in [1.82, 2.24) is 0 Å². The minimum Gasteiger partial charge on any atom is -0.550 e. The molecule has 6 nitrogen and oxygen atoms in total. The summed E-state index contributed by atoms with van der Waals surface area (Å²) in [6.45, 7) is 0.972. The van der Waals surface area contributed by atoms with Crippen LogP contribution in [0.2, 0.25) is 0 Å². The van der Waals surface area contributed by atoms with Gasteiger partial charge in [0, 0.05) is 5.97 Å². The normalized spacial score (nSPS) is 4.90. The van der Waals surface area contributed by atoms with Crippen LogP contribution < -0.4 is 5.11 Å². The molecule has 0 aliphatic heterocycles. The van der Waals surface area contributed by atoms with E-state index >= 15 is 0 Å². The summed E-state index contributed by atoms with van der Waals surface area (Å²) in [4.78, 5) is 17.1. The summed E-state index contributed by atoms with van der Waals surface area (Å²) in [5.41, 5.74) is 0. The summed E-state index contributed by atoms with van der Waals surface area (Å²) < 4.78 is 0. The molecule has 0 unspecified atom stereocenters. The smallest absolute Gasteiger partial charge is 0.550 e. The molecule has 0 aromatic carbocycles. The second-order valence-electron chi connectivity index (χ2n) is 0.715. The molecule has 0 saturated carbocycles. The van der Waals surface area contributed by atoms with E-state index in [2.05, 4.69) is 0 Å². The minimum absolute atomic E-state index is 0. The first-order valence-electron chi connectivity index (χ1n) is 1.46. The standard InChI is InChI=1S/C2H4O2.2Cu.NO3/c1-2(3)4;;;2-1(3)4/h1H3,(H,3,4);;;/q;2*+2;-1/p-1. The van der Waals surface area contributed by atoms with Crippen molar-refractivity contribution in [3.8, 4) is 0 Å². The molecule has 0 amide bonds. The number of aliphatic carboxylic acids is 1. The van der Waals surface area contributed by atoms with Crippen LogP contribution in [0.4, 0.5) is 0 Å². The summed E-state index contributed by atoms with van der Waals surface area (Å²) in [6.07, 6.45) is 0. The van der Waals surface area contributed by atoms with Crippen molar-refractivity contribution in [3.05, 3.63) is 15.3 Å². The molecule has 0 rings (SSSR count). The maximum Gasteiger partial charge on any atom is 2.00 e. The zero-order valence-electron chi connectivity index (χ0n) is 4.59. The zero-order chi connectivity index (χ0) is 7.15. The predicted molar refractivity (Wildman–Crippen MR) is 21.0 cm³/mol. The van der Waals surface area contributed by atoms with Gasteiger partial charge in [-0.05, 0) is 6.92 Å². The Bertz CT molecular complexity index is 75.6. The number of rotatable bonds is 0. The monoisotopic (exact) mass is 247 g/mol.